The first-order chi connectivity index (χ1) is 10.0. The number of rotatable bonds is 5. The van der Waals surface area contributed by atoms with Crippen molar-refractivity contribution in [2.24, 2.45) is 0 Å². The van der Waals surface area contributed by atoms with Crippen molar-refractivity contribution in [1.82, 2.24) is 0 Å². The van der Waals surface area contributed by atoms with E-state index in [0.29, 0.717) is 22.1 Å². The number of ether oxygens (including phenoxy) is 2. The van der Waals surface area contributed by atoms with Gasteiger partial charge in [0.1, 0.15) is 18.1 Å². The van der Waals surface area contributed by atoms with Crippen LogP contribution in [-0.4, -0.2) is 12.9 Å². The van der Waals surface area contributed by atoms with Crippen LogP contribution in [0.1, 0.15) is 28.4 Å². The Labute approximate surface area is 129 Å². The van der Waals surface area contributed by atoms with Gasteiger partial charge < -0.3 is 9.47 Å². The highest BCUT2D eigenvalue weighted by molar-refractivity contribution is 6.30. The van der Waals surface area contributed by atoms with Gasteiger partial charge in [0, 0.05) is 10.6 Å². The van der Waals surface area contributed by atoms with Crippen LogP contribution in [0.2, 0.25) is 5.02 Å². The number of carbonyl (C=O) groups excluding carboxylic acids is 1. The molecular formula is C17H17ClO3. The summed E-state index contributed by atoms with van der Waals surface area (Å²) in [5, 5.41) is 0.616. The summed E-state index contributed by atoms with van der Waals surface area (Å²) in [4.78, 5) is 11.7. The molecule has 0 fully saturated rings. The van der Waals surface area contributed by atoms with Crippen LogP contribution in [0.25, 0.3) is 0 Å². The SMILES string of the molecule is COc1ccc(Cl)cc1COc1ccc(C)cc1C(C)=O. The highest BCUT2D eigenvalue weighted by Crippen LogP contribution is 2.26. The monoisotopic (exact) mass is 304 g/mol. The van der Waals surface area contributed by atoms with Crippen LogP contribution >= 0.6 is 11.6 Å². The molecule has 110 valence electrons. The number of aryl methyl sites for hydroxylation is 1. The van der Waals surface area contributed by atoms with E-state index >= 15 is 0 Å². The molecule has 0 atom stereocenters. The van der Waals surface area contributed by atoms with E-state index in [1.54, 1.807) is 25.3 Å². The maximum Gasteiger partial charge on any atom is 0.163 e. The van der Waals surface area contributed by atoms with E-state index in [4.69, 9.17) is 21.1 Å². The van der Waals surface area contributed by atoms with Gasteiger partial charge in [-0.2, -0.15) is 0 Å². The Morgan fingerprint density at radius 3 is 2.52 bits per heavy atom. The third kappa shape index (κ3) is 3.76. The first-order valence-electron chi connectivity index (χ1n) is 6.58. The van der Waals surface area contributed by atoms with Gasteiger partial charge in [-0.3, -0.25) is 4.79 Å². The maximum atomic E-state index is 11.7. The van der Waals surface area contributed by atoms with Crippen molar-refractivity contribution in [3.63, 3.8) is 0 Å². The second-order valence-electron chi connectivity index (χ2n) is 4.80. The predicted octanol–water partition coefficient (Wildman–Crippen LogP) is 4.44. The first-order valence-corrected chi connectivity index (χ1v) is 6.96. The highest BCUT2D eigenvalue weighted by atomic mass is 35.5. The van der Waals surface area contributed by atoms with E-state index in [1.807, 2.05) is 25.1 Å². The number of hydrogen-bond donors (Lipinski definition) is 0. The van der Waals surface area contributed by atoms with Crippen molar-refractivity contribution in [2.75, 3.05) is 7.11 Å². The van der Waals surface area contributed by atoms with Crippen LogP contribution in [0, 0.1) is 6.92 Å². The second-order valence-corrected chi connectivity index (χ2v) is 5.24. The lowest BCUT2D eigenvalue weighted by atomic mass is 10.1. The number of benzene rings is 2. The summed E-state index contributed by atoms with van der Waals surface area (Å²) in [6.07, 6.45) is 0. The van der Waals surface area contributed by atoms with E-state index in [0.717, 1.165) is 11.1 Å². The van der Waals surface area contributed by atoms with Crippen molar-refractivity contribution in [2.45, 2.75) is 20.5 Å². The quantitative estimate of drug-likeness (QED) is 0.766. The molecule has 0 unspecified atom stereocenters. The largest absolute Gasteiger partial charge is 0.496 e. The minimum atomic E-state index is -0.0215. The lowest BCUT2D eigenvalue weighted by Crippen LogP contribution is -2.03. The van der Waals surface area contributed by atoms with Crippen molar-refractivity contribution < 1.29 is 14.3 Å². The zero-order valence-electron chi connectivity index (χ0n) is 12.3. The molecule has 0 N–H and O–H groups in total. The number of ketones is 1. The molecule has 0 saturated carbocycles. The summed E-state index contributed by atoms with van der Waals surface area (Å²) in [5.74, 6) is 1.25. The Hall–Kier alpha value is -2.00. The van der Waals surface area contributed by atoms with E-state index in [1.165, 1.54) is 6.92 Å². The molecule has 4 heteroatoms. The molecule has 0 aromatic heterocycles. The molecule has 21 heavy (non-hydrogen) atoms. The Bertz CT molecular complexity index is 665. The van der Waals surface area contributed by atoms with Gasteiger partial charge in [0.2, 0.25) is 0 Å². The molecule has 0 heterocycles. The van der Waals surface area contributed by atoms with Gasteiger partial charge >= 0.3 is 0 Å². The molecule has 0 aliphatic carbocycles. The van der Waals surface area contributed by atoms with E-state index in [9.17, 15) is 4.79 Å². The fourth-order valence-electron chi connectivity index (χ4n) is 2.06. The molecule has 3 nitrogen and oxygen atoms in total. The molecule has 0 radical (unpaired) electrons. The Morgan fingerprint density at radius 2 is 1.86 bits per heavy atom. The standard InChI is InChI=1S/C17H17ClO3/c1-11-4-6-17(15(8-11)12(2)19)21-10-13-9-14(18)5-7-16(13)20-3/h4-9H,10H2,1-3H3. The summed E-state index contributed by atoms with van der Waals surface area (Å²) in [6, 6.07) is 10.9. The van der Waals surface area contributed by atoms with Crippen LogP contribution in [0.3, 0.4) is 0 Å². The molecule has 2 aromatic carbocycles. The second kappa shape index (κ2) is 6.64. The molecule has 0 spiro atoms. The van der Waals surface area contributed by atoms with E-state index in [2.05, 4.69) is 0 Å². The molecule has 0 amide bonds. The van der Waals surface area contributed by atoms with Crippen molar-refractivity contribution in [3.05, 3.63) is 58.1 Å². The fraction of sp³-hybridized carbons (Fsp3) is 0.235. The summed E-state index contributed by atoms with van der Waals surface area (Å²) in [7, 11) is 1.60. The number of carbonyl (C=O) groups is 1. The number of halogens is 1. The lowest BCUT2D eigenvalue weighted by Gasteiger charge is -2.13. The summed E-state index contributed by atoms with van der Waals surface area (Å²) in [5.41, 5.74) is 2.43. The Balaban J connectivity index is 2.24. The van der Waals surface area contributed by atoms with Gasteiger partial charge in [-0.15, -0.1) is 0 Å². The number of methoxy groups -OCH3 is 1. The van der Waals surface area contributed by atoms with Gasteiger partial charge in [0.05, 0.1) is 12.7 Å². The molecular weight excluding hydrogens is 288 g/mol. The van der Waals surface area contributed by atoms with Gasteiger partial charge in [-0.1, -0.05) is 23.2 Å². The van der Waals surface area contributed by atoms with Crippen LogP contribution in [0.5, 0.6) is 11.5 Å². The van der Waals surface area contributed by atoms with Crippen molar-refractivity contribution in [1.29, 1.82) is 0 Å². The lowest BCUT2D eigenvalue weighted by molar-refractivity contribution is 0.101. The van der Waals surface area contributed by atoms with Gasteiger partial charge in [-0.25, -0.2) is 0 Å². The Kier molecular flexibility index (Phi) is 4.86. The molecule has 2 aromatic rings. The molecule has 0 aliphatic rings. The van der Waals surface area contributed by atoms with Gasteiger partial charge in [0.15, 0.2) is 5.78 Å². The van der Waals surface area contributed by atoms with Crippen LogP contribution in [0.4, 0.5) is 0 Å². The summed E-state index contributed by atoms with van der Waals surface area (Å²) in [6.45, 7) is 3.75. The molecule has 2 rings (SSSR count). The zero-order valence-corrected chi connectivity index (χ0v) is 13.0. The number of hydrogen-bond acceptors (Lipinski definition) is 3. The van der Waals surface area contributed by atoms with E-state index < -0.39 is 0 Å². The average molecular weight is 305 g/mol. The molecule has 0 saturated heterocycles. The highest BCUT2D eigenvalue weighted by Gasteiger charge is 2.11. The molecule has 0 bridgehead atoms. The maximum absolute atomic E-state index is 11.7. The van der Waals surface area contributed by atoms with Crippen molar-refractivity contribution in [3.8, 4) is 11.5 Å². The summed E-state index contributed by atoms with van der Waals surface area (Å²) >= 11 is 5.99. The topological polar surface area (TPSA) is 35.5 Å². The third-order valence-corrected chi connectivity index (χ3v) is 3.38. The Morgan fingerprint density at radius 1 is 1.14 bits per heavy atom. The molecule has 0 aliphatic heterocycles. The van der Waals surface area contributed by atoms with E-state index in [-0.39, 0.29) is 12.4 Å². The van der Waals surface area contributed by atoms with Crippen LogP contribution in [0.15, 0.2) is 36.4 Å². The van der Waals surface area contributed by atoms with Crippen molar-refractivity contribution >= 4 is 17.4 Å². The van der Waals surface area contributed by atoms with Crippen LogP contribution in [-0.2, 0) is 6.61 Å². The minimum absolute atomic E-state index is 0.0215. The normalized spacial score (nSPS) is 10.3. The first kappa shape index (κ1) is 15.4. The van der Waals surface area contributed by atoms with Crippen LogP contribution < -0.4 is 9.47 Å². The zero-order chi connectivity index (χ0) is 15.4. The minimum Gasteiger partial charge on any atom is -0.496 e. The average Bonchev–Trinajstić information content (AvgIpc) is 2.46. The van der Waals surface area contributed by atoms with Gasteiger partial charge in [0.25, 0.3) is 0 Å². The summed E-state index contributed by atoms with van der Waals surface area (Å²) < 4.78 is 11.1. The van der Waals surface area contributed by atoms with Gasteiger partial charge in [-0.05, 0) is 44.2 Å². The number of Topliss-reactive ketones (excluding diaryl/α,β-unsaturated/α-hetero) is 1. The predicted molar refractivity (Wildman–Crippen MR) is 83.5 cm³/mol. The smallest absolute Gasteiger partial charge is 0.163 e. The fourth-order valence-corrected chi connectivity index (χ4v) is 2.25. The third-order valence-electron chi connectivity index (χ3n) is 3.14.